The van der Waals surface area contributed by atoms with Gasteiger partial charge in [-0.2, -0.15) is 0 Å². The zero-order chi connectivity index (χ0) is 15.2. The highest BCUT2D eigenvalue weighted by Gasteiger charge is 2.07. The van der Waals surface area contributed by atoms with Gasteiger partial charge in [0.2, 0.25) is 0 Å². The first-order chi connectivity index (χ1) is 10.1. The van der Waals surface area contributed by atoms with E-state index in [1.807, 2.05) is 24.3 Å². The lowest BCUT2D eigenvalue weighted by Crippen LogP contribution is -2.07. The van der Waals surface area contributed by atoms with Gasteiger partial charge in [0.05, 0.1) is 25.0 Å². The number of hydrogen-bond donors (Lipinski definition) is 1. The van der Waals surface area contributed by atoms with E-state index >= 15 is 0 Å². The molecule has 0 aliphatic rings. The van der Waals surface area contributed by atoms with Crippen molar-refractivity contribution < 1.29 is 14.3 Å². The number of nitrogens with two attached hydrogens (primary N) is 1. The molecule has 0 spiro atoms. The Bertz CT molecular complexity index is 646. The fourth-order valence-corrected chi connectivity index (χ4v) is 2.70. The first-order valence-corrected chi connectivity index (χ1v) is 7.76. The Kier molecular flexibility index (Phi) is 5.27. The number of aromatic nitrogens is 1. The highest BCUT2D eigenvalue weighted by atomic mass is 32.2. The number of ether oxygens (including phenoxy) is 2. The molecule has 0 aliphatic heterocycles. The second-order valence-electron chi connectivity index (χ2n) is 4.39. The van der Waals surface area contributed by atoms with Crippen LogP contribution in [0.2, 0.25) is 0 Å². The number of anilines is 1. The summed E-state index contributed by atoms with van der Waals surface area (Å²) < 4.78 is 10.1. The molecule has 2 N–H and O–H groups in total. The molecule has 21 heavy (non-hydrogen) atoms. The lowest BCUT2D eigenvalue weighted by atomic mass is 10.1. The number of carbonyl (C=O) groups is 1. The number of pyridine rings is 1. The molecule has 112 valence electrons. The highest BCUT2D eigenvalue weighted by molar-refractivity contribution is 7.99. The van der Waals surface area contributed by atoms with E-state index in [-0.39, 0.29) is 5.97 Å². The Labute approximate surface area is 127 Å². The maximum Gasteiger partial charge on any atom is 0.315 e. The van der Waals surface area contributed by atoms with Gasteiger partial charge < -0.3 is 15.2 Å². The van der Waals surface area contributed by atoms with Crippen molar-refractivity contribution in [2.45, 2.75) is 12.7 Å². The van der Waals surface area contributed by atoms with Crippen molar-refractivity contribution in [3.63, 3.8) is 0 Å². The van der Waals surface area contributed by atoms with Crippen LogP contribution in [0.1, 0.15) is 12.5 Å². The van der Waals surface area contributed by atoms with Crippen molar-refractivity contribution in [2.75, 3.05) is 25.2 Å². The van der Waals surface area contributed by atoms with E-state index in [1.165, 1.54) is 11.8 Å². The maximum atomic E-state index is 11.3. The minimum absolute atomic E-state index is 0.209. The molecule has 6 heteroatoms. The van der Waals surface area contributed by atoms with Gasteiger partial charge in [-0.15, -0.1) is 11.8 Å². The van der Waals surface area contributed by atoms with Crippen molar-refractivity contribution in [3.05, 3.63) is 29.8 Å². The molecule has 0 saturated carbocycles. The molecule has 1 aromatic carbocycles. The van der Waals surface area contributed by atoms with Crippen molar-refractivity contribution in [2.24, 2.45) is 0 Å². The number of esters is 1. The summed E-state index contributed by atoms with van der Waals surface area (Å²) in [7, 11) is 1.62. The molecule has 0 fully saturated rings. The van der Waals surface area contributed by atoms with E-state index in [0.717, 1.165) is 22.2 Å². The number of carbonyl (C=O) groups excluding carboxylic acids is 1. The van der Waals surface area contributed by atoms with E-state index in [0.29, 0.717) is 23.9 Å². The van der Waals surface area contributed by atoms with Gasteiger partial charge in [0, 0.05) is 22.8 Å². The molecule has 0 saturated heterocycles. The third-order valence-corrected chi connectivity index (χ3v) is 3.87. The number of benzene rings is 1. The molecular weight excluding hydrogens is 288 g/mol. The van der Waals surface area contributed by atoms with Gasteiger partial charge >= 0.3 is 5.97 Å². The Balaban J connectivity index is 2.10. The van der Waals surface area contributed by atoms with Gasteiger partial charge in [0.1, 0.15) is 11.6 Å². The molecule has 0 bridgehead atoms. The molecule has 1 heterocycles. The molecule has 0 aliphatic carbocycles. The maximum absolute atomic E-state index is 11.3. The summed E-state index contributed by atoms with van der Waals surface area (Å²) in [6.07, 6.45) is 0. The van der Waals surface area contributed by atoms with Crippen LogP contribution in [0.15, 0.2) is 24.3 Å². The Morgan fingerprint density at radius 2 is 2.19 bits per heavy atom. The largest absolute Gasteiger partial charge is 0.497 e. The van der Waals surface area contributed by atoms with Gasteiger partial charge in [0.25, 0.3) is 0 Å². The zero-order valence-electron chi connectivity index (χ0n) is 12.1. The van der Waals surface area contributed by atoms with Crippen molar-refractivity contribution in [1.82, 2.24) is 4.98 Å². The lowest BCUT2D eigenvalue weighted by Gasteiger charge is -2.08. The van der Waals surface area contributed by atoms with Crippen LogP contribution in [0, 0.1) is 0 Å². The summed E-state index contributed by atoms with van der Waals surface area (Å²) in [4.78, 5) is 15.7. The normalized spacial score (nSPS) is 10.6. The molecule has 2 aromatic rings. The van der Waals surface area contributed by atoms with Crippen LogP contribution < -0.4 is 10.5 Å². The monoisotopic (exact) mass is 306 g/mol. The van der Waals surface area contributed by atoms with Crippen molar-refractivity contribution in [3.8, 4) is 5.75 Å². The standard InChI is InChI=1S/C15H18N2O3S/c1-3-20-14(18)9-21-8-11-6-10-4-5-12(19-2)7-13(10)17-15(11)16/h4-7H,3,8-9H2,1-2H3,(H2,16,17). The van der Waals surface area contributed by atoms with E-state index in [2.05, 4.69) is 4.98 Å². The Hall–Kier alpha value is -1.95. The predicted molar refractivity (Wildman–Crippen MR) is 85.5 cm³/mol. The molecule has 0 unspecified atom stereocenters. The molecule has 2 rings (SSSR count). The second kappa shape index (κ2) is 7.17. The fourth-order valence-electron chi connectivity index (χ4n) is 1.90. The van der Waals surface area contributed by atoms with Crippen molar-refractivity contribution >= 4 is 34.5 Å². The molecule has 1 aromatic heterocycles. The lowest BCUT2D eigenvalue weighted by molar-refractivity contribution is -0.139. The van der Waals surface area contributed by atoms with Gasteiger partial charge in [-0.3, -0.25) is 4.79 Å². The molecule has 0 amide bonds. The highest BCUT2D eigenvalue weighted by Crippen LogP contribution is 2.25. The molecule has 0 radical (unpaired) electrons. The zero-order valence-corrected chi connectivity index (χ0v) is 12.9. The topological polar surface area (TPSA) is 74.4 Å². The van der Waals surface area contributed by atoms with Gasteiger partial charge in [0.15, 0.2) is 0 Å². The molecule has 5 nitrogen and oxygen atoms in total. The SMILES string of the molecule is CCOC(=O)CSCc1cc2ccc(OC)cc2nc1N. The average Bonchev–Trinajstić information content (AvgIpc) is 2.47. The van der Waals surface area contributed by atoms with Crippen LogP contribution in [-0.4, -0.2) is 30.4 Å². The number of nitrogens with zero attached hydrogens (tertiary/aromatic N) is 1. The third kappa shape index (κ3) is 4.01. The molecule has 0 atom stereocenters. The minimum atomic E-state index is -0.209. The number of rotatable bonds is 6. The molecular formula is C15H18N2O3S. The van der Waals surface area contributed by atoms with Crippen molar-refractivity contribution in [1.29, 1.82) is 0 Å². The first kappa shape index (κ1) is 15.4. The van der Waals surface area contributed by atoms with Crippen LogP contribution in [0.3, 0.4) is 0 Å². The third-order valence-electron chi connectivity index (χ3n) is 2.92. The smallest absolute Gasteiger partial charge is 0.315 e. The van der Waals surface area contributed by atoms with Gasteiger partial charge in [-0.1, -0.05) is 0 Å². The van der Waals surface area contributed by atoms with Gasteiger partial charge in [-0.25, -0.2) is 4.98 Å². The fraction of sp³-hybridized carbons (Fsp3) is 0.333. The quantitative estimate of drug-likeness (QED) is 0.827. The number of thioether (sulfide) groups is 1. The Morgan fingerprint density at radius 1 is 1.38 bits per heavy atom. The summed E-state index contributed by atoms with van der Waals surface area (Å²) >= 11 is 1.47. The minimum Gasteiger partial charge on any atom is -0.497 e. The van der Waals surface area contributed by atoms with Crippen LogP contribution >= 0.6 is 11.8 Å². The van der Waals surface area contributed by atoms with Crippen LogP contribution in [-0.2, 0) is 15.3 Å². The number of nitrogen functional groups attached to an aromatic ring is 1. The number of methoxy groups -OCH3 is 1. The average molecular weight is 306 g/mol. The van der Waals surface area contributed by atoms with Gasteiger partial charge in [-0.05, 0) is 25.1 Å². The van der Waals surface area contributed by atoms with E-state index in [4.69, 9.17) is 15.2 Å². The Morgan fingerprint density at radius 3 is 2.90 bits per heavy atom. The summed E-state index contributed by atoms with van der Waals surface area (Å²) in [5.41, 5.74) is 7.69. The van der Waals surface area contributed by atoms with E-state index in [1.54, 1.807) is 14.0 Å². The van der Waals surface area contributed by atoms with E-state index in [9.17, 15) is 4.79 Å². The van der Waals surface area contributed by atoms with Crippen LogP contribution in [0.25, 0.3) is 10.9 Å². The summed E-state index contributed by atoms with van der Waals surface area (Å²) in [6, 6.07) is 7.67. The van der Waals surface area contributed by atoms with E-state index < -0.39 is 0 Å². The first-order valence-electron chi connectivity index (χ1n) is 6.60. The summed E-state index contributed by atoms with van der Waals surface area (Å²) in [5.74, 6) is 1.96. The van der Waals surface area contributed by atoms with Crippen LogP contribution in [0.5, 0.6) is 5.75 Å². The number of fused-ring (bicyclic) bond motifs is 1. The second-order valence-corrected chi connectivity index (χ2v) is 5.37. The number of hydrogen-bond acceptors (Lipinski definition) is 6. The summed E-state index contributed by atoms with van der Waals surface area (Å²) in [5, 5.41) is 0.997. The van der Waals surface area contributed by atoms with Crippen LogP contribution in [0.4, 0.5) is 5.82 Å². The predicted octanol–water partition coefficient (Wildman–Crippen LogP) is 2.62. The summed E-state index contributed by atoms with van der Waals surface area (Å²) in [6.45, 7) is 2.20.